The van der Waals surface area contributed by atoms with E-state index in [4.69, 9.17) is 11.6 Å². The first-order valence-electron chi connectivity index (χ1n) is 6.37. The lowest BCUT2D eigenvalue weighted by Gasteiger charge is -2.37. The molecule has 0 bridgehead atoms. The Kier molecular flexibility index (Phi) is 4.94. The van der Waals surface area contributed by atoms with Gasteiger partial charge in [0.25, 0.3) is 0 Å². The molecule has 0 heterocycles. The van der Waals surface area contributed by atoms with Gasteiger partial charge in [0.15, 0.2) is 5.78 Å². The van der Waals surface area contributed by atoms with E-state index in [-0.39, 0.29) is 5.78 Å². The third kappa shape index (κ3) is 2.60. The maximum Gasteiger partial charge on any atom is 0.183 e. The van der Waals surface area contributed by atoms with E-state index in [2.05, 4.69) is 13.8 Å². The molecule has 2 nitrogen and oxygen atoms in total. The number of ketones is 1. The van der Waals surface area contributed by atoms with Crippen molar-refractivity contribution in [3.8, 4) is 0 Å². The van der Waals surface area contributed by atoms with Gasteiger partial charge in [-0.05, 0) is 45.5 Å². The van der Waals surface area contributed by atoms with Gasteiger partial charge in [-0.3, -0.25) is 9.69 Å². The van der Waals surface area contributed by atoms with E-state index in [1.54, 1.807) is 6.07 Å². The predicted molar refractivity (Wildman–Crippen MR) is 77.5 cm³/mol. The number of rotatable bonds is 5. The van der Waals surface area contributed by atoms with E-state index >= 15 is 0 Å². The zero-order valence-electron chi connectivity index (χ0n) is 11.9. The molecule has 0 N–H and O–H groups in total. The van der Waals surface area contributed by atoms with Crippen LogP contribution in [-0.4, -0.2) is 30.3 Å². The lowest BCUT2D eigenvalue weighted by molar-refractivity contribution is 0.0656. The molecular formula is C15H22ClNO. The molecule has 0 atom stereocenters. The Morgan fingerprint density at radius 3 is 2.22 bits per heavy atom. The Morgan fingerprint density at radius 1 is 1.28 bits per heavy atom. The zero-order valence-corrected chi connectivity index (χ0v) is 12.6. The first-order valence-corrected chi connectivity index (χ1v) is 6.75. The fourth-order valence-electron chi connectivity index (χ4n) is 2.41. The summed E-state index contributed by atoms with van der Waals surface area (Å²) in [4.78, 5) is 14.8. The largest absolute Gasteiger partial charge is 0.297 e. The number of likely N-dealkylation sites (N-methyl/N-ethyl adjacent to an activating group) is 1. The summed E-state index contributed by atoms with van der Waals surface area (Å²) in [6.45, 7) is 6.05. The van der Waals surface area contributed by atoms with Crippen LogP contribution in [0.3, 0.4) is 0 Å². The molecule has 1 aromatic rings. The monoisotopic (exact) mass is 267 g/mol. The molecule has 0 unspecified atom stereocenters. The van der Waals surface area contributed by atoms with Crippen LogP contribution in [0.4, 0.5) is 0 Å². The summed E-state index contributed by atoms with van der Waals surface area (Å²) in [5, 5.41) is 0.653. The van der Waals surface area contributed by atoms with Gasteiger partial charge in [0, 0.05) is 10.6 Å². The summed E-state index contributed by atoms with van der Waals surface area (Å²) < 4.78 is 0. The standard InChI is InChI=1S/C15H22ClNO/c1-6-15(7-2,17(4)5)14(18)12-9-8-11(3)13(16)10-12/h8-10H,6-7H2,1-5H3. The fraction of sp³-hybridized carbons (Fsp3) is 0.533. The summed E-state index contributed by atoms with van der Waals surface area (Å²) in [6, 6.07) is 5.55. The number of aryl methyl sites for hydroxylation is 1. The van der Waals surface area contributed by atoms with Gasteiger partial charge in [-0.1, -0.05) is 37.6 Å². The van der Waals surface area contributed by atoms with Crippen molar-refractivity contribution in [1.29, 1.82) is 0 Å². The molecule has 3 heteroatoms. The van der Waals surface area contributed by atoms with Gasteiger partial charge in [0.1, 0.15) is 0 Å². The molecule has 100 valence electrons. The molecule has 18 heavy (non-hydrogen) atoms. The van der Waals surface area contributed by atoms with Crippen molar-refractivity contribution >= 4 is 17.4 Å². The van der Waals surface area contributed by atoms with Crippen molar-refractivity contribution in [3.63, 3.8) is 0 Å². The quantitative estimate of drug-likeness (QED) is 0.753. The average molecular weight is 268 g/mol. The number of hydrogen-bond donors (Lipinski definition) is 0. The van der Waals surface area contributed by atoms with Crippen LogP contribution >= 0.6 is 11.6 Å². The van der Waals surface area contributed by atoms with Crippen LogP contribution in [0.25, 0.3) is 0 Å². The topological polar surface area (TPSA) is 20.3 Å². The molecule has 0 radical (unpaired) electrons. The fourth-order valence-corrected chi connectivity index (χ4v) is 2.59. The van der Waals surface area contributed by atoms with Gasteiger partial charge < -0.3 is 0 Å². The number of benzene rings is 1. The maximum absolute atomic E-state index is 12.7. The van der Waals surface area contributed by atoms with Crippen LogP contribution in [0.2, 0.25) is 5.02 Å². The van der Waals surface area contributed by atoms with Crippen LogP contribution in [0, 0.1) is 6.92 Å². The zero-order chi connectivity index (χ0) is 13.9. The van der Waals surface area contributed by atoms with Crippen molar-refractivity contribution in [2.75, 3.05) is 14.1 Å². The SMILES string of the molecule is CCC(CC)(C(=O)c1ccc(C)c(Cl)c1)N(C)C. The maximum atomic E-state index is 12.7. The number of carbonyl (C=O) groups excluding carboxylic acids is 1. The number of Topliss-reactive ketones (excluding diaryl/α,β-unsaturated/α-hetero) is 1. The van der Waals surface area contributed by atoms with Gasteiger partial charge >= 0.3 is 0 Å². The van der Waals surface area contributed by atoms with E-state index in [0.717, 1.165) is 18.4 Å². The van der Waals surface area contributed by atoms with Crippen molar-refractivity contribution in [2.24, 2.45) is 0 Å². The molecule has 0 aliphatic rings. The second-order valence-corrected chi connectivity index (χ2v) is 5.33. The van der Waals surface area contributed by atoms with Crippen LogP contribution in [0.5, 0.6) is 0 Å². The highest BCUT2D eigenvalue weighted by Crippen LogP contribution is 2.28. The molecule has 1 rings (SSSR count). The average Bonchev–Trinajstić information content (AvgIpc) is 2.34. The summed E-state index contributed by atoms with van der Waals surface area (Å²) in [6.07, 6.45) is 1.58. The summed E-state index contributed by atoms with van der Waals surface area (Å²) in [5.41, 5.74) is 1.26. The number of nitrogens with zero attached hydrogens (tertiary/aromatic N) is 1. The van der Waals surface area contributed by atoms with Gasteiger partial charge in [-0.25, -0.2) is 0 Å². The molecule has 0 fully saturated rings. The minimum absolute atomic E-state index is 0.152. The van der Waals surface area contributed by atoms with Crippen LogP contribution in [0.15, 0.2) is 18.2 Å². The second kappa shape index (κ2) is 5.85. The summed E-state index contributed by atoms with van der Waals surface area (Å²) >= 11 is 6.11. The van der Waals surface area contributed by atoms with Gasteiger partial charge in [0.05, 0.1) is 5.54 Å². The Labute approximate surface area is 115 Å². The first kappa shape index (κ1) is 15.2. The van der Waals surface area contributed by atoms with Gasteiger partial charge in [-0.15, -0.1) is 0 Å². The third-order valence-corrected chi connectivity index (χ3v) is 4.29. The summed E-state index contributed by atoms with van der Waals surface area (Å²) in [7, 11) is 3.92. The molecule has 1 aromatic carbocycles. The number of halogens is 1. The Balaban J connectivity index is 3.22. The molecular weight excluding hydrogens is 246 g/mol. The van der Waals surface area contributed by atoms with Crippen molar-refractivity contribution in [3.05, 3.63) is 34.3 Å². The van der Waals surface area contributed by atoms with E-state index in [1.807, 2.05) is 38.1 Å². The number of carbonyl (C=O) groups is 1. The molecule has 0 spiro atoms. The second-order valence-electron chi connectivity index (χ2n) is 4.93. The lowest BCUT2D eigenvalue weighted by atomic mass is 9.83. The minimum Gasteiger partial charge on any atom is -0.297 e. The highest BCUT2D eigenvalue weighted by atomic mass is 35.5. The Hall–Kier alpha value is -0.860. The lowest BCUT2D eigenvalue weighted by Crippen LogP contribution is -2.50. The van der Waals surface area contributed by atoms with Crippen molar-refractivity contribution in [1.82, 2.24) is 4.90 Å². The van der Waals surface area contributed by atoms with Crippen LogP contribution < -0.4 is 0 Å². The van der Waals surface area contributed by atoms with Crippen molar-refractivity contribution < 1.29 is 4.79 Å². The molecule has 0 saturated carbocycles. The van der Waals surface area contributed by atoms with Gasteiger partial charge in [0.2, 0.25) is 0 Å². The van der Waals surface area contributed by atoms with E-state index in [1.165, 1.54) is 0 Å². The molecule has 0 aliphatic heterocycles. The minimum atomic E-state index is -0.432. The van der Waals surface area contributed by atoms with Gasteiger partial charge in [-0.2, -0.15) is 0 Å². The van der Waals surface area contributed by atoms with E-state index < -0.39 is 5.54 Å². The van der Waals surface area contributed by atoms with E-state index in [0.29, 0.717) is 10.6 Å². The molecule has 0 amide bonds. The first-order chi connectivity index (χ1) is 8.39. The summed E-state index contributed by atoms with van der Waals surface area (Å²) in [5.74, 6) is 0.152. The predicted octanol–water partition coefficient (Wildman–Crippen LogP) is 3.95. The highest BCUT2D eigenvalue weighted by molar-refractivity contribution is 6.31. The highest BCUT2D eigenvalue weighted by Gasteiger charge is 2.37. The normalized spacial score (nSPS) is 11.9. The van der Waals surface area contributed by atoms with Crippen molar-refractivity contribution in [2.45, 2.75) is 39.2 Å². The Morgan fingerprint density at radius 2 is 1.83 bits per heavy atom. The Bertz CT molecular complexity index is 436. The molecule has 0 saturated heterocycles. The third-order valence-electron chi connectivity index (χ3n) is 3.88. The molecule has 0 aliphatic carbocycles. The van der Waals surface area contributed by atoms with Crippen LogP contribution in [0.1, 0.15) is 42.6 Å². The smallest absolute Gasteiger partial charge is 0.183 e. The van der Waals surface area contributed by atoms with Crippen LogP contribution in [-0.2, 0) is 0 Å². The van der Waals surface area contributed by atoms with E-state index in [9.17, 15) is 4.79 Å². The molecule has 0 aromatic heterocycles. The number of hydrogen-bond acceptors (Lipinski definition) is 2.